The topological polar surface area (TPSA) is 88.1 Å². The molecule has 0 aromatic heterocycles. The largest absolute Gasteiger partial charge is 0.479 e. The van der Waals surface area contributed by atoms with Crippen molar-refractivity contribution in [2.45, 2.75) is 6.42 Å². The van der Waals surface area contributed by atoms with Crippen molar-refractivity contribution in [2.24, 2.45) is 0 Å². The van der Waals surface area contributed by atoms with Crippen molar-refractivity contribution in [2.75, 3.05) is 33.9 Å². The first kappa shape index (κ1) is 13.7. The minimum atomic E-state index is -1.14. The van der Waals surface area contributed by atoms with Crippen LogP contribution in [0.25, 0.3) is 0 Å². The number of aliphatic carboxylic acids is 1. The van der Waals surface area contributed by atoms with Crippen molar-refractivity contribution < 1.29 is 24.3 Å². The summed E-state index contributed by atoms with van der Waals surface area (Å²) >= 11 is 0. The highest BCUT2D eigenvalue weighted by Crippen LogP contribution is 1.89. The Morgan fingerprint density at radius 2 is 2.13 bits per heavy atom. The van der Waals surface area contributed by atoms with Crippen LogP contribution in [0.3, 0.4) is 0 Å². The summed E-state index contributed by atoms with van der Waals surface area (Å²) in [5.41, 5.74) is 2.01. The van der Waals surface area contributed by atoms with Gasteiger partial charge in [-0.05, 0) is 6.42 Å². The van der Waals surface area contributed by atoms with E-state index in [2.05, 4.69) is 4.84 Å². The molecule has 2 N–H and O–H groups in total. The molecule has 0 spiro atoms. The molecule has 7 heteroatoms. The van der Waals surface area contributed by atoms with Crippen LogP contribution in [0, 0.1) is 0 Å². The third-order valence-corrected chi connectivity index (χ3v) is 1.54. The zero-order chi connectivity index (χ0) is 11.7. The molecule has 0 bridgehead atoms. The normalized spacial score (nSPS) is 9.73. The summed E-state index contributed by atoms with van der Waals surface area (Å²) in [6.07, 6.45) is 0.708. The van der Waals surface area contributed by atoms with Crippen molar-refractivity contribution >= 4 is 12.0 Å². The summed E-state index contributed by atoms with van der Waals surface area (Å²) < 4.78 is 4.82. The SMILES string of the molecule is COCCCN(C)C(=O)NOCC(=O)O. The van der Waals surface area contributed by atoms with Gasteiger partial charge in [-0.1, -0.05) is 0 Å². The summed E-state index contributed by atoms with van der Waals surface area (Å²) in [5, 5.41) is 8.23. The van der Waals surface area contributed by atoms with Crippen molar-refractivity contribution in [1.29, 1.82) is 0 Å². The van der Waals surface area contributed by atoms with Crippen LogP contribution in [-0.4, -0.2) is 55.9 Å². The standard InChI is InChI=1S/C8H16N2O5/c1-10(4-3-5-14-2)8(13)9-15-6-7(11)12/h3-6H2,1-2H3,(H,9,13)(H,11,12). The molecule has 0 aliphatic rings. The monoisotopic (exact) mass is 220 g/mol. The van der Waals surface area contributed by atoms with Gasteiger partial charge in [0.15, 0.2) is 6.61 Å². The molecule has 0 unspecified atom stereocenters. The summed E-state index contributed by atoms with van der Waals surface area (Å²) in [7, 11) is 3.16. The number of amides is 2. The van der Waals surface area contributed by atoms with Crippen molar-refractivity contribution in [3.63, 3.8) is 0 Å². The van der Waals surface area contributed by atoms with E-state index in [1.165, 1.54) is 4.90 Å². The fourth-order valence-corrected chi connectivity index (χ4v) is 0.785. The van der Waals surface area contributed by atoms with Crippen molar-refractivity contribution in [3.05, 3.63) is 0 Å². The number of rotatable bonds is 7. The van der Waals surface area contributed by atoms with Crippen LogP contribution in [-0.2, 0) is 14.4 Å². The van der Waals surface area contributed by atoms with Crippen LogP contribution in [0.1, 0.15) is 6.42 Å². The van der Waals surface area contributed by atoms with Crippen LogP contribution in [0.4, 0.5) is 4.79 Å². The minimum Gasteiger partial charge on any atom is -0.479 e. The second kappa shape index (κ2) is 8.01. The number of urea groups is 1. The van der Waals surface area contributed by atoms with E-state index in [4.69, 9.17) is 9.84 Å². The molecule has 0 saturated heterocycles. The molecule has 15 heavy (non-hydrogen) atoms. The molecule has 0 aromatic carbocycles. The van der Waals surface area contributed by atoms with E-state index in [0.717, 1.165) is 0 Å². The third-order valence-electron chi connectivity index (χ3n) is 1.54. The molecule has 2 amide bonds. The number of ether oxygens (including phenoxy) is 1. The summed E-state index contributed by atoms with van der Waals surface area (Å²) in [6, 6.07) is -0.479. The van der Waals surface area contributed by atoms with Crippen LogP contribution < -0.4 is 5.48 Å². The van der Waals surface area contributed by atoms with Gasteiger partial charge in [-0.2, -0.15) is 0 Å². The van der Waals surface area contributed by atoms with Crippen LogP contribution in [0.15, 0.2) is 0 Å². The smallest absolute Gasteiger partial charge is 0.341 e. The Kier molecular flexibility index (Phi) is 7.29. The molecule has 7 nitrogen and oxygen atoms in total. The molecule has 0 rings (SSSR count). The van der Waals surface area contributed by atoms with E-state index in [-0.39, 0.29) is 0 Å². The number of hydrogen-bond acceptors (Lipinski definition) is 4. The number of carboxylic acids is 1. The number of carboxylic acid groups (broad SMARTS) is 1. The Balaban J connectivity index is 3.55. The molecule has 0 aliphatic carbocycles. The zero-order valence-electron chi connectivity index (χ0n) is 8.86. The third kappa shape index (κ3) is 7.71. The van der Waals surface area contributed by atoms with E-state index < -0.39 is 18.6 Å². The maximum absolute atomic E-state index is 11.2. The molecule has 0 aromatic rings. The molecule has 0 aliphatic heterocycles. The fourth-order valence-electron chi connectivity index (χ4n) is 0.785. The predicted octanol–water partition coefficient (Wildman–Crippen LogP) is -0.319. The Hall–Kier alpha value is -1.34. The lowest BCUT2D eigenvalue weighted by Gasteiger charge is -2.16. The fraction of sp³-hybridized carbons (Fsp3) is 0.750. The zero-order valence-corrected chi connectivity index (χ0v) is 8.86. The second-order valence-corrected chi connectivity index (χ2v) is 2.86. The maximum atomic E-state index is 11.2. The van der Waals surface area contributed by atoms with Gasteiger partial charge in [0.2, 0.25) is 0 Å². The quantitative estimate of drug-likeness (QED) is 0.453. The summed E-state index contributed by atoms with van der Waals surface area (Å²) in [6.45, 7) is 0.515. The van der Waals surface area contributed by atoms with Gasteiger partial charge in [0.25, 0.3) is 0 Å². The van der Waals surface area contributed by atoms with Gasteiger partial charge in [-0.15, -0.1) is 0 Å². The first-order valence-electron chi connectivity index (χ1n) is 4.41. The number of hydrogen-bond donors (Lipinski definition) is 2. The molecule has 88 valence electrons. The number of nitrogens with zero attached hydrogens (tertiary/aromatic N) is 1. The van der Waals surface area contributed by atoms with E-state index in [1.807, 2.05) is 5.48 Å². The van der Waals surface area contributed by atoms with Gasteiger partial charge in [0, 0.05) is 27.3 Å². The molecule has 0 radical (unpaired) electrons. The van der Waals surface area contributed by atoms with Crippen LogP contribution >= 0.6 is 0 Å². The lowest BCUT2D eigenvalue weighted by molar-refractivity contribution is -0.144. The van der Waals surface area contributed by atoms with Gasteiger partial charge in [-0.3, -0.25) is 4.84 Å². The van der Waals surface area contributed by atoms with E-state index in [9.17, 15) is 9.59 Å². The number of nitrogens with one attached hydrogen (secondary N) is 1. The summed E-state index contributed by atoms with van der Waals surface area (Å²) in [5.74, 6) is -1.14. The lowest BCUT2D eigenvalue weighted by Crippen LogP contribution is -2.38. The van der Waals surface area contributed by atoms with Crippen LogP contribution in [0.2, 0.25) is 0 Å². The number of hydroxylamine groups is 1. The van der Waals surface area contributed by atoms with Crippen LogP contribution in [0.5, 0.6) is 0 Å². The van der Waals surface area contributed by atoms with Gasteiger partial charge < -0.3 is 14.7 Å². The number of carbonyl (C=O) groups is 2. The Morgan fingerprint density at radius 1 is 1.47 bits per heavy atom. The number of methoxy groups -OCH3 is 1. The highest BCUT2D eigenvalue weighted by molar-refractivity contribution is 5.73. The van der Waals surface area contributed by atoms with Crippen molar-refractivity contribution in [3.8, 4) is 0 Å². The molecule has 0 saturated carbocycles. The molecular formula is C8H16N2O5. The highest BCUT2D eigenvalue weighted by Gasteiger charge is 2.08. The average molecular weight is 220 g/mol. The molecular weight excluding hydrogens is 204 g/mol. The minimum absolute atomic E-state index is 0.479. The maximum Gasteiger partial charge on any atom is 0.341 e. The molecule has 0 heterocycles. The summed E-state index contributed by atoms with van der Waals surface area (Å²) in [4.78, 5) is 27.0. The predicted molar refractivity (Wildman–Crippen MR) is 51.2 cm³/mol. The highest BCUT2D eigenvalue weighted by atomic mass is 16.7. The van der Waals surface area contributed by atoms with Gasteiger partial charge in [0.1, 0.15) is 0 Å². The first-order chi connectivity index (χ1) is 7.07. The lowest BCUT2D eigenvalue weighted by atomic mass is 10.4. The molecule has 0 fully saturated rings. The second-order valence-electron chi connectivity index (χ2n) is 2.86. The van der Waals surface area contributed by atoms with Gasteiger partial charge in [0.05, 0.1) is 0 Å². The Bertz CT molecular complexity index is 209. The average Bonchev–Trinajstić information content (AvgIpc) is 2.17. The van der Waals surface area contributed by atoms with E-state index >= 15 is 0 Å². The Morgan fingerprint density at radius 3 is 2.67 bits per heavy atom. The van der Waals surface area contributed by atoms with Gasteiger partial charge >= 0.3 is 12.0 Å². The van der Waals surface area contributed by atoms with E-state index in [0.29, 0.717) is 19.6 Å². The number of carbonyl (C=O) groups excluding carboxylic acids is 1. The molecule has 0 atom stereocenters. The van der Waals surface area contributed by atoms with Crippen molar-refractivity contribution in [1.82, 2.24) is 10.4 Å². The first-order valence-corrected chi connectivity index (χ1v) is 4.41. The Labute approximate surface area is 87.9 Å². The van der Waals surface area contributed by atoms with E-state index in [1.54, 1.807) is 14.2 Å². The van der Waals surface area contributed by atoms with Gasteiger partial charge in [-0.25, -0.2) is 15.1 Å².